The minimum atomic E-state index is -1.08. The lowest BCUT2D eigenvalue weighted by atomic mass is 10.4. The van der Waals surface area contributed by atoms with Gasteiger partial charge in [-0.3, -0.25) is 0 Å². The number of aromatic carboxylic acids is 1. The third-order valence-electron chi connectivity index (χ3n) is 1.93. The quantitative estimate of drug-likeness (QED) is 0.723. The van der Waals surface area contributed by atoms with Crippen molar-refractivity contribution in [1.29, 1.82) is 0 Å². The highest BCUT2D eigenvalue weighted by Crippen LogP contribution is 2.20. The summed E-state index contributed by atoms with van der Waals surface area (Å²) in [6.45, 7) is 0. The number of fused-ring (bicyclic) bond motifs is 1. The van der Waals surface area contributed by atoms with E-state index in [9.17, 15) is 4.79 Å². The number of carbonyl (C=O) groups is 1. The minimum absolute atomic E-state index is 0.0464. The fourth-order valence-electron chi connectivity index (χ4n) is 1.31. The molecule has 2 heterocycles. The minimum Gasteiger partial charge on any atom is -0.475 e. The van der Waals surface area contributed by atoms with Crippen LogP contribution in [0.2, 0.25) is 5.15 Å². The van der Waals surface area contributed by atoms with E-state index in [0.29, 0.717) is 11.0 Å². The number of rotatable bonds is 1. The zero-order valence-corrected chi connectivity index (χ0v) is 7.99. The second-order valence-corrected chi connectivity index (χ2v) is 3.13. The molecule has 5 nitrogen and oxygen atoms in total. The Labute approximate surface area is 84.0 Å². The van der Waals surface area contributed by atoms with Crippen LogP contribution in [0, 0.1) is 0 Å². The standard InChI is InChI=1S/C8H6ClN3O2/c1-12-5-4(2-3-10-6(5)9)11-7(12)8(13)14/h2-3H,1H3,(H,13,14). The number of aromatic nitrogens is 3. The van der Waals surface area contributed by atoms with Crippen molar-refractivity contribution in [3.05, 3.63) is 23.2 Å². The highest BCUT2D eigenvalue weighted by atomic mass is 35.5. The number of carboxylic acid groups (broad SMARTS) is 1. The van der Waals surface area contributed by atoms with E-state index in [2.05, 4.69) is 9.97 Å². The molecule has 0 saturated carbocycles. The summed E-state index contributed by atoms with van der Waals surface area (Å²) in [6, 6.07) is 1.62. The fraction of sp³-hybridized carbons (Fsp3) is 0.125. The SMILES string of the molecule is Cn1c(C(=O)O)nc2ccnc(Cl)c21. The predicted octanol–water partition coefficient (Wildman–Crippen LogP) is 1.32. The molecule has 0 saturated heterocycles. The fourth-order valence-corrected chi connectivity index (χ4v) is 1.59. The summed E-state index contributed by atoms with van der Waals surface area (Å²) in [7, 11) is 1.59. The number of hydrogen-bond donors (Lipinski definition) is 1. The Morgan fingerprint density at radius 3 is 2.93 bits per heavy atom. The summed E-state index contributed by atoms with van der Waals surface area (Å²) >= 11 is 5.82. The molecule has 0 aliphatic carbocycles. The Balaban J connectivity index is 2.87. The van der Waals surface area contributed by atoms with E-state index < -0.39 is 5.97 Å². The van der Waals surface area contributed by atoms with Gasteiger partial charge in [-0.15, -0.1) is 0 Å². The van der Waals surface area contributed by atoms with Gasteiger partial charge in [-0.25, -0.2) is 14.8 Å². The Morgan fingerprint density at radius 2 is 2.36 bits per heavy atom. The Bertz CT molecular complexity index is 521. The van der Waals surface area contributed by atoms with Crippen molar-refractivity contribution >= 4 is 28.6 Å². The molecular formula is C8H6ClN3O2. The van der Waals surface area contributed by atoms with Crippen molar-refractivity contribution in [2.45, 2.75) is 0 Å². The van der Waals surface area contributed by atoms with Crippen LogP contribution in [0.3, 0.4) is 0 Å². The number of aryl methyl sites for hydroxylation is 1. The van der Waals surface area contributed by atoms with Gasteiger partial charge in [0, 0.05) is 13.2 Å². The molecule has 0 spiro atoms. The molecule has 2 aromatic heterocycles. The summed E-state index contributed by atoms with van der Waals surface area (Å²) in [4.78, 5) is 18.5. The first kappa shape index (κ1) is 8.96. The molecule has 1 N–H and O–H groups in total. The second kappa shape index (κ2) is 2.95. The van der Waals surface area contributed by atoms with Gasteiger partial charge < -0.3 is 9.67 Å². The monoisotopic (exact) mass is 211 g/mol. The average Bonchev–Trinajstić information content (AvgIpc) is 2.45. The third-order valence-corrected chi connectivity index (χ3v) is 2.21. The van der Waals surface area contributed by atoms with Gasteiger partial charge in [0.1, 0.15) is 5.52 Å². The Morgan fingerprint density at radius 1 is 1.64 bits per heavy atom. The summed E-state index contributed by atoms with van der Waals surface area (Å²) in [5.74, 6) is -1.13. The summed E-state index contributed by atoms with van der Waals surface area (Å²) < 4.78 is 1.41. The molecule has 6 heteroatoms. The van der Waals surface area contributed by atoms with Crippen molar-refractivity contribution in [3.8, 4) is 0 Å². The molecule has 0 radical (unpaired) electrons. The molecule has 0 bridgehead atoms. The van der Waals surface area contributed by atoms with Crippen LogP contribution < -0.4 is 0 Å². The van der Waals surface area contributed by atoms with Gasteiger partial charge in [0.15, 0.2) is 5.15 Å². The molecule has 0 fully saturated rings. The maximum absolute atomic E-state index is 10.8. The topological polar surface area (TPSA) is 68.0 Å². The number of pyridine rings is 1. The predicted molar refractivity (Wildman–Crippen MR) is 50.5 cm³/mol. The lowest BCUT2D eigenvalue weighted by Crippen LogP contribution is -2.05. The highest BCUT2D eigenvalue weighted by molar-refractivity contribution is 6.33. The van der Waals surface area contributed by atoms with Crippen LogP contribution in [-0.4, -0.2) is 25.6 Å². The molecule has 14 heavy (non-hydrogen) atoms. The largest absolute Gasteiger partial charge is 0.475 e. The van der Waals surface area contributed by atoms with Crippen LogP contribution in [0.25, 0.3) is 11.0 Å². The van der Waals surface area contributed by atoms with Crippen LogP contribution in [0.15, 0.2) is 12.3 Å². The van der Waals surface area contributed by atoms with Crippen LogP contribution in [0.4, 0.5) is 0 Å². The van der Waals surface area contributed by atoms with Crippen molar-refractivity contribution in [1.82, 2.24) is 14.5 Å². The average molecular weight is 212 g/mol. The second-order valence-electron chi connectivity index (χ2n) is 2.77. The van der Waals surface area contributed by atoms with E-state index in [-0.39, 0.29) is 11.0 Å². The molecule has 2 rings (SSSR count). The summed E-state index contributed by atoms with van der Waals surface area (Å²) in [5, 5.41) is 9.07. The van der Waals surface area contributed by atoms with E-state index in [1.54, 1.807) is 13.1 Å². The van der Waals surface area contributed by atoms with Gasteiger partial charge in [0.05, 0.1) is 5.52 Å². The van der Waals surface area contributed by atoms with Crippen molar-refractivity contribution in [3.63, 3.8) is 0 Å². The lowest BCUT2D eigenvalue weighted by molar-refractivity contribution is 0.0680. The molecule has 0 aromatic carbocycles. The first-order chi connectivity index (χ1) is 6.61. The first-order valence-electron chi connectivity index (χ1n) is 3.81. The van der Waals surface area contributed by atoms with Crippen molar-refractivity contribution in [2.24, 2.45) is 7.05 Å². The number of nitrogens with zero attached hydrogens (tertiary/aromatic N) is 3. The third kappa shape index (κ3) is 1.13. The molecule has 0 amide bonds. The van der Waals surface area contributed by atoms with Crippen LogP contribution in [-0.2, 0) is 7.05 Å². The van der Waals surface area contributed by atoms with Gasteiger partial charge >= 0.3 is 5.97 Å². The van der Waals surface area contributed by atoms with E-state index in [4.69, 9.17) is 16.7 Å². The first-order valence-corrected chi connectivity index (χ1v) is 4.19. The zero-order chi connectivity index (χ0) is 10.3. The Hall–Kier alpha value is -1.62. The van der Waals surface area contributed by atoms with Gasteiger partial charge in [0.25, 0.3) is 0 Å². The van der Waals surface area contributed by atoms with E-state index in [0.717, 1.165) is 0 Å². The molecule has 0 aliphatic rings. The van der Waals surface area contributed by atoms with Gasteiger partial charge in [-0.05, 0) is 6.07 Å². The number of hydrogen-bond acceptors (Lipinski definition) is 3. The smallest absolute Gasteiger partial charge is 0.372 e. The number of halogens is 1. The van der Waals surface area contributed by atoms with Crippen molar-refractivity contribution < 1.29 is 9.90 Å². The maximum Gasteiger partial charge on any atom is 0.372 e. The van der Waals surface area contributed by atoms with E-state index in [1.165, 1.54) is 10.8 Å². The number of carboxylic acids is 1. The van der Waals surface area contributed by atoms with E-state index >= 15 is 0 Å². The van der Waals surface area contributed by atoms with Crippen LogP contribution in [0.5, 0.6) is 0 Å². The molecule has 0 atom stereocenters. The zero-order valence-electron chi connectivity index (χ0n) is 7.23. The molecule has 0 unspecified atom stereocenters. The Kier molecular flexibility index (Phi) is 1.89. The lowest BCUT2D eigenvalue weighted by Gasteiger charge is -1.97. The molecule has 72 valence electrons. The molecule has 0 aliphatic heterocycles. The van der Waals surface area contributed by atoms with Crippen LogP contribution >= 0.6 is 11.6 Å². The molecular weight excluding hydrogens is 206 g/mol. The van der Waals surface area contributed by atoms with Gasteiger partial charge in [0.2, 0.25) is 5.82 Å². The highest BCUT2D eigenvalue weighted by Gasteiger charge is 2.15. The maximum atomic E-state index is 10.8. The van der Waals surface area contributed by atoms with Crippen LogP contribution in [0.1, 0.15) is 10.6 Å². The van der Waals surface area contributed by atoms with Gasteiger partial charge in [-0.2, -0.15) is 0 Å². The normalized spacial score (nSPS) is 10.7. The summed E-state index contributed by atoms with van der Waals surface area (Å²) in [5.41, 5.74) is 1.07. The van der Waals surface area contributed by atoms with Crippen molar-refractivity contribution in [2.75, 3.05) is 0 Å². The van der Waals surface area contributed by atoms with Gasteiger partial charge in [-0.1, -0.05) is 11.6 Å². The molecule has 2 aromatic rings. The van der Waals surface area contributed by atoms with E-state index in [1.807, 2.05) is 0 Å². The summed E-state index contributed by atoms with van der Waals surface area (Å²) in [6.07, 6.45) is 1.49. The number of imidazole rings is 1.